The molecule has 17 heavy (non-hydrogen) atoms. The van der Waals surface area contributed by atoms with Crippen LogP contribution in [0.25, 0.3) is 0 Å². The molecule has 6 heteroatoms. The van der Waals surface area contributed by atoms with Crippen LogP contribution < -0.4 is 4.90 Å². The summed E-state index contributed by atoms with van der Waals surface area (Å²) in [5.41, 5.74) is 0.764. The molecular weight excluding hydrogens is 261 g/mol. The van der Waals surface area contributed by atoms with E-state index in [9.17, 15) is 0 Å². The number of hydrogen-bond acceptors (Lipinski definition) is 4. The van der Waals surface area contributed by atoms with Gasteiger partial charge in [0.2, 0.25) is 0 Å². The summed E-state index contributed by atoms with van der Waals surface area (Å²) in [6.07, 6.45) is 1.45. The lowest BCUT2D eigenvalue weighted by Crippen LogP contribution is -2.37. The van der Waals surface area contributed by atoms with E-state index in [1.54, 1.807) is 7.11 Å². The molecule has 0 saturated heterocycles. The molecule has 1 aromatic rings. The van der Waals surface area contributed by atoms with Gasteiger partial charge < -0.3 is 9.64 Å². The second-order valence-electron chi connectivity index (χ2n) is 3.69. The third kappa shape index (κ3) is 3.44. The Morgan fingerprint density at radius 2 is 2.18 bits per heavy atom. The highest BCUT2D eigenvalue weighted by Crippen LogP contribution is 2.26. The van der Waals surface area contributed by atoms with Crippen molar-refractivity contribution < 1.29 is 4.74 Å². The van der Waals surface area contributed by atoms with Gasteiger partial charge in [0.05, 0.1) is 18.5 Å². The number of hydrogen-bond donors (Lipinski definition) is 0. The molecule has 0 radical (unpaired) electrons. The maximum Gasteiger partial charge on any atom is 0.138 e. The van der Waals surface area contributed by atoms with E-state index in [1.807, 2.05) is 0 Å². The molecule has 1 heterocycles. The molecule has 1 aromatic heterocycles. The second-order valence-corrected chi connectivity index (χ2v) is 4.32. The van der Waals surface area contributed by atoms with Crippen LogP contribution in [0.2, 0.25) is 5.15 Å². The monoisotopic (exact) mass is 277 g/mol. The highest BCUT2D eigenvalue weighted by Gasteiger charge is 2.19. The van der Waals surface area contributed by atoms with E-state index in [0.29, 0.717) is 17.6 Å². The zero-order valence-electron chi connectivity index (χ0n) is 10.3. The van der Waals surface area contributed by atoms with E-state index >= 15 is 0 Å². The molecule has 1 atom stereocenters. The molecule has 0 aliphatic rings. The molecule has 0 N–H and O–H groups in total. The van der Waals surface area contributed by atoms with Crippen molar-refractivity contribution >= 4 is 29.0 Å². The summed E-state index contributed by atoms with van der Waals surface area (Å²) >= 11 is 11.9. The number of anilines is 1. The Kier molecular flexibility index (Phi) is 5.95. The number of alkyl halides is 1. The van der Waals surface area contributed by atoms with Crippen molar-refractivity contribution in [3.63, 3.8) is 0 Å². The molecule has 0 spiro atoms. The van der Waals surface area contributed by atoms with Gasteiger partial charge in [-0.3, -0.25) is 0 Å². The minimum absolute atomic E-state index is 0.206. The summed E-state index contributed by atoms with van der Waals surface area (Å²) in [5.74, 6) is 1.08. The average Bonchev–Trinajstić information content (AvgIpc) is 2.30. The zero-order valence-corrected chi connectivity index (χ0v) is 11.8. The van der Waals surface area contributed by atoms with Gasteiger partial charge in [0, 0.05) is 19.2 Å². The smallest absolute Gasteiger partial charge is 0.138 e. The summed E-state index contributed by atoms with van der Waals surface area (Å²) in [7, 11) is 1.68. The molecule has 0 fully saturated rings. The first-order chi connectivity index (χ1) is 8.15. The first-order valence-electron chi connectivity index (χ1n) is 5.46. The highest BCUT2D eigenvalue weighted by molar-refractivity contribution is 6.31. The molecule has 4 nitrogen and oxygen atoms in total. The van der Waals surface area contributed by atoms with E-state index in [1.165, 1.54) is 6.33 Å². The van der Waals surface area contributed by atoms with Crippen LogP contribution in [0.15, 0.2) is 6.33 Å². The van der Waals surface area contributed by atoms with Crippen LogP contribution in [-0.4, -0.2) is 36.3 Å². The molecule has 0 aliphatic heterocycles. The van der Waals surface area contributed by atoms with Gasteiger partial charge in [-0.05, 0) is 13.8 Å². The van der Waals surface area contributed by atoms with Crippen LogP contribution in [0, 0.1) is 0 Å². The SMILES string of the molecule is CCN(c1ncnc(Cl)c1CCl)C(C)COC. The van der Waals surface area contributed by atoms with Gasteiger partial charge >= 0.3 is 0 Å². The molecule has 0 aromatic carbocycles. The number of rotatable bonds is 6. The van der Waals surface area contributed by atoms with E-state index in [4.69, 9.17) is 27.9 Å². The van der Waals surface area contributed by atoms with E-state index in [-0.39, 0.29) is 6.04 Å². The Morgan fingerprint density at radius 3 is 2.71 bits per heavy atom. The van der Waals surface area contributed by atoms with Crippen LogP contribution in [0.1, 0.15) is 19.4 Å². The number of halogens is 2. The Morgan fingerprint density at radius 1 is 1.47 bits per heavy atom. The Bertz CT molecular complexity index is 363. The normalized spacial score (nSPS) is 12.5. The van der Waals surface area contributed by atoms with Crippen molar-refractivity contribution in [3.05, 3.63) is 17.0 Å². The van der Waals surface area contributed by atoms with Crippen LogP contribution in [0.3, 0.4) is 0 Å². The second kappa shape index (κ2) is 6.99. The molecular formula is C11H17Cl2N3O. The predicted molar refractivity (Wildman–Crippen MR) is 71.0 cm³/mol. The van der Waals surface area contributed by atoms with Gasteiger partial charge in [-0.2, -0.15) is 0 Å². The Hall–Kier alpha value is -0.580. The molecule has 0 aliphatic carbocycles. The Labute approximate surface area is 112 Å². The third-order valence-electron chi connectivity index (χ3n) is 2.56. The average molecular weight is 278 g/mol. The van der Waals surface area contributed by atoms with Crippen molar-refractivity contribution in [1.82, 2.24) is 9.97 Å². The van der Waals surface area contributed by atoms with Crippen LogP contribution in [0.4, 0.5) is 5.82 Å². The van der Waals surface area contributed by atoms with Gasteiger partial charge in [0.15, 0.2) is 0 Å². The van der Waals surface area contributed by atoms with E-state index < -0.39 is 0 Å². The predicted octanol–water partition coefficient (Wildman–Crippen LogP) is 2.73. The van der Waals surface area contributed by atoms with Crippen molar-refractivity contribution in [1.29, 1.82) is 0 Å². The summed E-state index contributed by atoms with van der Waals surface area (Å²) in [6.45, 7) is 5.56. The molecule has 1 unspecified atom stereocenters. The van der Waals surface area contributed by atoms with Crippen molar-refractivity contribution in [3.8, 4) is 0 Å². The molecule has 0 saturated carbocycles. The lowest BCUT2D eigenvalue weighted by molar-refractivity contribution is 0.181. The largest absolute Gasteiger partial charge is 0.383 e. The van der Waals surface area contributed by atoms with Crippen LogP contribution >= 0.6 is 23.2 Å². The van der Waals surface area contributed by atoms with Crippen molar-refractivity contribution in [2.24, 2.45) is 0 Å². The fourth-order valence-corrected chi connectivity index (χ4v) is 2.26. The summed E-state index contributed by atoms with van der Waals surface area (Å²) in [4.78, 5) is 10.3. The Balaban J connectivity index is 3.06. The summed E-state index contributed by atoms with van der Waals surface area (Å²) in [6, 6.07) is 0.206. The lowest BCUT2D eigenvalue weighted by Gasteiger charge is -2.30. The first-order valence-corrected chi connectivity index (χ1v) is 6.37. The number of aromatic nitrogens is 2. The van der Waals surface area contributed by atoms with Gasteiger partial charge in [-0.15, -0.1) is 11.6 Å². The fraction of sp³-hybridized carbons (Fsp3) is 0.636. The maximum absolute atomic E-state index is 6.02. The summed E-state index contributed by atoms with van der Waals surface area (Å²) < 4.78 is 5.16. The highest BCUT2D eigenvalue weighted by atomic mass is 35.5. The van der Waals surface area contributed by atoms with Crippen LogP contribution in [0.5, 0.6) is 0 Å². The van der Waals surface area contributed by atoms with Gasteiger partial charge in [-0.25, -0.2) is 9.97 Å². The van der Waals surface area contributed by atoms with Crippen LogP contribution in [-0.2, 0) is 10.6 Å². The summed E-state index contributed by atoms with van der Waals surface area (Å²) in [5, 5.41) is 0.410. The standard InChI is InChI=1S/C11H17Cl2N3O/c1-4-16(8(2)6-17-3)11-9(5-12)10(13)14-7-15-11/h7-8H,4-6H2,1-3H3. The molecule has 1 rings (SSSR count). The van der Waals surface area contributed by atoms with Crippen molar-refractivity contribution in [2.45, 2.75) is 25.8 Å². The first kappa shape index (κ1) is 14.5. The van der Waals surface area contributed by atoms with E-state index in [0.717, 1.165) is 17.9 Å². The van der Waals surface area contributed by atoms with Gasteiger partial charge in [0.25, 0.3) is 0 Å². The lowest BCUT2D eigenvalue weighted by atomic mass is 10.2. The van der Waals surface area contributed by atoms with Crippen molar-refractivity contribution in [2.75, 3.05) is 25.2 Å². The number of nitrogens with zero attached hydrogens (tertiary/aromatic N) is 3. The van der Waals surface area contributed by atoms with Gasteiger partial charge in [0.1, 0.15) is 17.3 Å². The number of ether oxygens (including phenoxy) is 1. The quantitative estimate of drug-likeness (QED) is 0.592. The molecule has 0 bridgehead atoms. The zero-order chi connectivity index (χ0) is 12.8. The fourth-order valence-electron chi connectivity index (χ4n) is 1.75. The molecule has 96 valence electrons. The number of methoxy groups -OCH3 is 1. The van der Waals surface area contributed by atoms with E-state index in [2.05, 4.69) is 28.7 Å². The molecule has 0 amide bonds. The minimum Gasteiger partial charge on any atom is -0.383 e. The number of likely N-dealkylation sites (N-methyl/N-ethyl adjacent to an activating group) is 1. The minimum atomic E-state index is 0.206. The third-order valence-corrected chi connectivity index (χ3v) is 3.15. The maximum atomic E-state index is 6.02. The van der Waals surface area contributed by atoms with Gasteiger partial charge in [-0.1, -0.05) is 11.6 Å². The topological polar surface area (TPSA) is 38.2 Å².